The largest absolute Gasteiger partial charge is 0.492 e. The van der Waals surface area contributed by atoms with Crippen molar-refractivity contribution >= 4 is 11.6 Å². The Hall–Kier alpha value is -2.62. The molecule has 0 bridgehead atoms. The second-order valence-electron chi connectivity index (χ2n) is 6.14. The number of ether oxygens (including phenoxy) is 1. The van der Waals surface area contributed by atoms with Gasteiger partial charge in [-0.15, -0.1) is 0 Å². The number of H-pyrrole nitrogens is 1. The van der Waals surface area contributed by atoms with E-state index < -0.39 is 18.1 Å². The molecular formula is C19H18ClF3N4O2. The fourth-order valence-corrected chi connectivity index (χ4v) is 2.63. The number of alkyl halides is 3. The average Bonchev–Trinajstić information content (AvgIpc) is 3.19. The molecule has 154 valence electrons. The highest BCUT2D eigenvalue weighted by Crippen LogP contribution is 2.29. The number of aliphatic hydroxyl groups excluding tert-OH is 1. The van der Waals surface area contributed by atoms with Crippen LogP contribution in [0.3, 0.4) is 0 Å². The van der Waals surface area contributed by atoms with Crippen molar-refractivity contribution < 1.29 is 23.0 Å². The summed E-state index contributed by atoms with van der Waals surface area (Å²) in [5, 5.41) is 13.5. The number of hydrogen-bond donors (Lipinski definition) is 3. The first-order valence-corrected chi connectivity index (χ1v) is 9.07. The molecule has 0 aliphatic heterocycles. The quantitative estimate of drug-likeness (QED) is 0.376. The minimum Gasteiger partial charge on any atom is -0.492 e. The molecule has 29 heavy (non-hydrogen) atoms. The van der Waals surface area contributed by atoms with Crippen molar-refractivity contribution in [1.29, 1.82) is 0 Å². The molecule has 0 radical (unpaired) electrons. The minimum absolute atomic E-state index is 0.205. The van der Waals surface area contributed by atoms with Gasteiger partial charge in [0.2, 0.25) is 5.82 Å². The summed E-state index contributed by atoms with van der Waals surface area (Å²) >= 11 is 5.71. The van der Waals surface area contributed by atoms with E-state index in [0.29, 0.717) is 41.7 Å². The van der Waals surface area contributed by atoms with Crippen molar-refractivity contribution in [3.05, 3.63) is 65.3 Å². The van der Waals surface area contributed by atoms with E-state index in [1.807, 2.05) is 0 Å². The number of aromatic nitrogens is 3. The maximum atomic E-state index is 12.6. The Morgan fingerprint density at radius 1 is 1.17 bits per heavy atom. The maximum absolute atomic E-state index is 12.6. The molecule has 0 amide bonds. The van der Waals surface area contributed by atoms with Crippen LogP contribution in [-0.2, 0) is 6.18 Å². The van der Waals surface area contributed by atoms with Gasteiger partial charge in [0, 0.05) is 36.6 Å². The summed E-state index contributed by atoms with van der Waals surface area (Å²) in [5.41, 5.74) is 1.41. The monoisotopic (exact) mass is 426 g/mol. The lowest BCUT2D eigenvalue weighted by atomic mass is 10.1. The van der Waals surface area contributed by atoms with Gasteiger partial charge in [0.25, 0.3) is 0 Å². The van der Waals surface area contributed by atoms with E-state index in [4.69, 9.17) is 16.3 Å². The number of pyridine rings is 1. The van der Waals surface area contributed by atoms with Crippen LogP contribution in [0.15, 0.2) is 48.8 Å². The molecule has 6 nitrogen and oxygen atoms in total. The summed E-state index contributed by atoms with van der Waals surface area (Å²) in [6.45, 7) is 1.17. The molecule has 3 N–H and O–H groups in total. The van der Waals surface area contributed by atoms with Gasteiger partial charge in [-0.25, -0.2) is 9.97 Å². The number of aromatic amines is 1. The number of benzene rings is 1. The van der Waals surface area contributed by atoms with Crippen molar-refractivity contribution in [2.75, 3.05) is 19.7 Å². The summed E-state index contributed by atoms with van der Waals surface area (Å²) in [6, 6.07) is 9.90. The van der Waals surface area contributed by atoms with E-state index in [1.165, 1.54) is 12.4 Å². The molecule has 0 fully saturated rings. The number of nitrogens with zero attached hydrogens (tertiary/aromatic N) is 2. The molecule has 0 saturated heterocycles. The molecule has 3 aromatic rings. The van der Waals surface area contributed by atoms with Crippen LogP contribution in [0.1, 0.15) is 17.5 Å². The Labute approximate surface area is 169 Å². The van der Waals surface area contributed by atoms with Gasteiger partial charge in [-0.3, -0.25) is 0 Å². The highest BCUT2D eigenvalue weighted by Gasteiger charge is 2.34. The smallest absolute Gasteiger partial charge is 0.449 e. The van der Waals surface area contributed by atoms with Crippen LogP contribution >= 0.6 is 11.6 Å². The van der Waals surface area contributed by atoms with E-state index in [2.05, 4.69) is 20.3 Å². The molecule has 10 heteroatoms. The van der Waals surface area contributed by atoms with E-state index in [-0.39, 0.29) is 5.69 Å². The van der Waals surface area contributed by atoms with Gasteiger partial charge < -0.3 is 20.1 Å². The third kappa shape index (κ3) is 5.93. The van der Waals surface area contributed by atoms with Crippen molar-refractivity contribution in [3.63, 3.8) is 0 Å². The van der Waals surface area contributed by atoms with Gasteiger partial charge in [-0.1, -0.05) is 17.7 Å². The van der Waals surface area contributed by atoms with E-state index in [9.17, 15) is 18.3 Å². The number of hydrogen-bond acceptors (Lipinski definition) is 5. The summed E-state index contributed by atoms with van der Waals surface area (Å²) in [6.07, 6.45) is -2.49. The molecule has 3 rings (SSSR count). The number of imidazole rings is 1. The summed E-state index contributed by atoms with van der Waals surface area (Å²) in [7, 11) is 0. The van der Waals surface area contributed by atoms with Crippen LogP contribution in [0, 0.1) is 0 Å². The van der Waals surface area contributed by atoms with Gasteiger partial charge in [0.1, 0.15) is 17.5 Å². The van der Waals surface area contributed by atoms with Crippen LogP contribution < -0.4 is 10.1 Å². The molecule has 1 atom stereocenters. The zero-order valence-electron chi connectivity index (χ0n) is 15.1. The second-order valence-corrected chi connectivity index (χ2v) is 6.53. The Morgan fingerprint density at radius 3 is 2.55 bits per heavy atom. The highest BCUT2D eigenvalue weighted by molar-refractivity contribution is 6.29. The van der Waals surface area contributed by atoms with Crippen molar-refractivity contribution in [2.24, 2.45) is 0 Å². The predicted molar refractivity (Wildman–Crippen MR) is 102 cm³/mol. The molecule has 1 aromatic carbocycles. The Morgan fingerprint density at radius 2 is 1.93 bits per heavy atom. The van der Waals surface area contributed by atoms with Gasteiger partial charge in [0.05, 0.1) is 11.8 Å². The van der Waals surface area contributed by atoms with Crippen LogP contribution in [0.5, 0.6) is 5.75 Å². The predicted octanol–water partition coefficient (Wildman–Crippen LogP) is 3.85. The zero-order chi connectivity index (χ0) is 20.9. The summed E-state index contributed by atoms with van der Waals surface area (Å²) in [4.78, 5) is 9.59. The van der Waals surface area contributed by atoms with Gasteiger partial charge in [-0.2, -0.15) is 13.2 Å². The van der Waals surface area contributed by atoms with E-state index in [0.717, 1.165) is 0 Å². The Bertz CT molecular complexity index is 914. The van der Waals surface area contributed by atoms with Crippen LogP contribution in [0.25, 0.3) is 11.3 Å². The molecule has 0 saturated carbocycles. The van der Waals surface area contributed by atoms with Crippen molar-refractivity contribution in [3.8, 4) is 17.0 Å². The normalized spacial score (nSPS) is 12.7. The highest BCUT2D eigenvalue weighted by atomic mass is 35.5. The number of aliphatic hydroxyl groups is 1. The standard InChI is InChI=1S/C19H18ClF3N4O2/c20-17-6-3-13(9-25-17)16(28)11-24-7-8-29-14-4-1-12(2-5-14)15-10-26-18(27-15)19(21,22)23/h1-6,9-10,16,24,28H,7-8,11H2,(H,26,27)/t16-/m0/s1. The Balaban J connectivity index is 1.42. The van der Waals surface area contributed by atoms with E-state index >= 15 is 0 Å². The lowest BCUT2D eigenvalue weighted by Gasteiger charge is -2.12. The molecule has 0 spiro atoms. The Kier molecular flexibility index (Phi) is 6.73. The van der Waals surface area contributed by atoms with Gasteiger partial charge in [-0.05, 0) is 30.3 Å². The zero-order valence-corrected chi connectivity index (χ0v) is 15.8. The summed E-state index contributed by atoms with van der Waals surface area (Å²) in [5.74, 6) is -0.458. The lowest BCUT2D eigenvalue weighted by Crippen LogP contribution is -2.26. The third-order valence-corrected chi connectivity index (χ3v) is 4.24. The van der Waals surface area contributed by atoms with Crippen LogP contribution in [0.4, 0.5) is 13.2 Å². The van der Waals surface area contributed by atoms with Gasteiger partial charge >= 0.3 is 6.18 Å². The topological polar surface area (TPSA) is 83.1 Å². The molecule has 0 unspecified atom stereocenters. The molecular weight excluding hydrogens is 409 g/mol. The van der Waals surface area contributed by atoms with E-state index in [1.54, 1.807) is 36.4 Å². The minimum atomic E-state index is -4.51. The SMILES string of the molecule is O[C@@H](CNCCOc1ccc(-c2c[nH]c(C(F)(F)F)n2)cc1)c1ccc(Cl)nc1. The summed E-state index contributed by atoms with van der Waals surface area (Å²) < 4.78 is 43.4. The lowest BCUT2D eigenvalue weighted by molar-refractivity contribution is -0.144. The number of halogens is 4. The fraction of sp³-hybridized carbons (Fsp3) is 0.263. The van der Waals surface area contributed by atoms with Gasteiger partial charge in [0.15, 0.2) is 0 Å². The first kappa shape index (κ1) is 21.1. The van der Waals surface area contributed by atoms with Crippen LogP contribution in [0.2, 0.25) is 5.15 Å². The number of nitrogens with one attached hydrogen (secondary N) is 2. The molecule has 0 aliphatic carbocycles. The fourth-order valence-electron chi connectivity index (χ4n) is 2.52. The second kappa shape index (κ2) is 9.25. The first-order valence-electron chi connectivity index (χ1n) is 8.69. The van der Waals surface area contributed by atoms with Crippen molar-refractivity contribution in [2.45, 2.75) is 12.3 Å². The first-order chi connectivity index (χ1) is 13.8. The molecule has 2 aromatic heterocycles. The number of rotatable bonds is 8. The van der Waals surface area contributed by atoms with Crippen LogP contribution in [-0.4, -0.2) is 39.8 Å². The third-order valence-electron chi connectivity index (χ3n) is 4.02. The average molecular weight is 427 g/mol. The molecule has 0 aliphatic rings. The molecule has 2 heterocycles. The maximum Gasteiger partial charge on any atom is 0.449 e. The van der Waals surface area contributed by atoms with Crippen molar-refractivity contribution in [1.82, 2.24) is 20.3 Å².